The van der Waals surface area contributed by atoms with Gasteiger partial charge in [0.05, 0.1) is 18.9 Å². The van der Waals surface area contributed by atoms with Crippen molar-refractivity contribution in [2.45, 2.75) is 19.6 Å². The van der Waals surface area contributed by atoms with Crippen molar-refractivity contribution in [3.05, 3.63) is 36.0 Å². The zero-order chi connectivity index (χ0) is 19.4. The van der Waals surface area contributed by atoms with Crippen LogP contribution in [0.1, 0.15) is 10.5 Å². The normalized spacial score (nSPS) is 15.7. The first-order valence-electron chi connectivity index (χ1n) is 9.22. The van der Waals surface area contributed by atoms with Crippen molar-refractivity contribution in [1.82, 2.24) is 14.7 Å². The number of hydrogen-bond acceptors (Lipinski definition) is 5. The molecule has 1 aromatic heterocycles. The number of carboxylic acids is 1. The molecule has 8 heteroatoms. The van der Waals surface area contributed by atoms with Gasteiger partial charge in [0.25, 0.3) is 0 Å². The van der Waals surface area contributed by atoms with Gasteiger partial charge >= 0.3 is 5.97 Å². The zero-order valence-corrected chi connectivity index (χ0v) is 17.1. The van der Waals surface area contributed by atoms with Crippen molar-refractivity contribution in [3.63, 3.8) is 0 Å². The molecule has 0 aliphatic carbocycles. The van der Waals surface area contributed by atoms with Crippen molar-refractivity contribution in [3.8, 4) is 11.4 Å². The lowest BCUT2D eigenvalue weighted by molar-refractivity contribution is 0.0322. The van der Waals surface area contributed by atoms with Gasteiger partial charge < -0.3 is 14.6 Å². The first-order valence-corrected chi connectivity index (χ1v) is 12.7. The lowest BCUT2D eigenvalue weighted by Crippen LogP contribution is -2.39. The van der Waals surface area contributed by atoms with Crippen molar-refractivity contribution < 1.29 is 19.4 Å². The van der Waals surface area contributed by atoms with Gasteiger partial charge in [0.2, 0.25) is 0 Å². The maximum Gasteiger partial charge on any atom is 0.354 e. The van der Waals surface area contributed by atoms with E-state index in [0.29, 0.717) is 6.61 Å². The Morgan fingerprint density at radius 2 is 1.89 bits per heavy atom. The van der Waals surface area contributed by atoms with Gasteiger partial charge in [-0.05, 0) is 30.3 Å². The molecule has 0 saturated carbocycles. The molecule has 0 atom stereocenters. The predicted molar refractivity (Wildman–Crippen MR) is 106 cm³/mol. The molecule has 0 unspecified atom stereocenters. The van der Waals surface area contributed by atoms with Crippen molar-refractivity contribution >= 4 is 19.4 Å². The molecule has 1 saturated heterocycles. The topological polar surface area (TPSA) is 76.8 Å². The Bertz CT molecular complexity index is 777. The molecular formula is C19H27N3O4Si. The Kier molecular flexibility index (Phi) is 5.98. The fourth-order valence-electron chi connectivity index (χ4n) is 2.90. The van der Waals surface area contributed by atoms with Crippen LogP contribution < -0.4 is 10.1 Å². The second-order valence-electron chi connectivity index (χ2n) is 7.68. The van der Waals surface area contributed by atoms with Gasteiger partial charge in [-0.15, -0.1) is 0 Å². The van der Waals surface area contributed by atoms with Crippen LogP contribution in [-0.2, 0) is 4.74 Å². The molecule has 3 rings (SSSR count). The molecule has 1 aliphatic heterocycles. The molecule has 0 amide bonds. The molecule has 1 fully saturated rings. The fraction of sp³-hybridized carbons (Fsp3) is 0.474. The van der Waals surface area contributed by atoms with Crippen LogP contribution in [0.5, 0.6) is 5.75 Å². The van der Waals surface area contributed by atoms with Gasteiger partial charge in [-0.25, -0.2) is 9.48 Å². The van der Waals surface area contributed by atoms with Crippen molar-refractivity contribution in [2.24, 2.45) is 0 Å². The van der Waals surface area contributed by atoms with Crippen LogP contribution >= 0.6 is 0 Å². The molecule has 0 radical (unpaired) electrons. The lowest BCUT2D eigenvalue weighted by Gasteiger charge is -2.26. The molecule has 0 spiro atoms. The number of aromatic nitrogens is 2. The van der Waals surface area contributed by atoms with Gasteiger partial charge in [0.1, 0.15) is 20.4 Å². The third-order valence-electron chi connectivity index (χ3n) is 4.56. The van der Waals surface area contributed by atoms with E-state index in [0.717, 1.165) is 49.6 Å². The quantitative estimate of drug-likeness (QED) is 0.728. The standard InChI is InChI=1S/C19H27N3O4Si/c1-27(2,3)18-14-17(19(23)24)22(20-18)15-4-6-16(7-5-15)26-13-10-21-8-11-25-12-9-21/h4-7,14H,8-13H2,1-3H3,(H,23,24). The maximum atomic E-state index is 11.6. The lowest BCUT2D eigenvalue weighted by atomic mass is 10.3. The molecule has 1 aliphatic rings. The van der Waals surface area contributed by atoms with Crippen LogP contribution in [-0.4, -0.2) is 73.3 Å². The SMILES string of the molecule is C[Si](C)(C)c1cc(C(=O)O)n(-c2ccc(OCCN3CCOCC3)cc2)n1. The van der Waals surface area contributed by atoms with Gasteiger partial charge in [0.15, 0.2) is 5.69 Å². The number of benzene rings is 1. The van der Waals surface area contributed by atoms with E-state index in [1.807, 2.05) is 24.3 Å². The third kappa shape index (κ3) is 4.97. The zero-order valence-electron chi connectivity index (χ0n) is 16.1. The summed E-state index contributed by atoms with van der Waals surface area (Å²) in [6.07, 6.45) is 0. The summed E-state index contributed by atoms with van der Waals surface area (Å²) in [6, 6.07) is 9.10. The fourth-order valence-corrected chi connectivity index (χ4v) is 3.87. The van der Waals surface area contributed by atoms with Crippen LogP contribution in [0.4, 0.5) is 0 Å². The molecule has 146 valence electrons. The summed E-state index contributed by atoms with van der Waals surface area (Å²) in [5, 5.41) is 15.0. The van der Waals surface area contributed by atoms with Crippen molar-refractivity contribution in [2.75, 3.05) is 39.5 Å². The molecule has 1 N–H and O–H groups in total. The second kappa shape index (κ2) is 8.24. The number of hydrogen-bond donors (Lipinski definition) is 1. The molecule has 0 bridgehead atoms. The Labute approximate surface area is 160 Å². The summed E-state index contributed by atoms with van der Waals surface area (Å²) in [6.45, 7) is 11.4. The number of rotatable bonds is 7. The van der Waals surface area contributed by atoms with E-state index in [-0.39, 0.29) is 5.69 Å². The van der Waals surface area contributed by atoms with E-state index in [4.69, 9.17) is 9.47 Å². The van der Waals surface area contributed by atoms with E-state index in [9.17, 15) is 9.90 Å². The van der Waals surface area contributed by atoms with Crippen LogP contribution in [0, 0.1) is 0 Å². The average molecular weight is 390 g/mol. The number of ether oxygens (including phenoxy) is 2. The van der Waals surface area contributed by atoms with E-state index in [1.54, 1.807) is 6.07 Å². The summed E-state index contributed by atoms with van der Waals surface area (Å²) in [5.74, 6) is -0.209. The highest BCUT2D eigenvalue weighted by Gasteiger charge is 2.25. The monoisotopic (exact) mass is 389 g/mol. The minimum Gasteiger partial charge on any atom is -0.492 e. The van der Waals surface area contributed by atoms with Gasteiger partial charge in [-0.1, -0.05) is 19.6 Å². The number of carboxylic acid groups (broad SMARTS) is 1. The second-order valence-corrected chi connectivity index (χ2v) is 12.7. The Hall–Kier alpha value is -2.16. The molecule has 27 heavy (non-hydrogen) atoms. The summed E-state index contributed by atoms with van der Waals surface area (Å²) >= 11 is 0. The molecule has 2 heterocycles. The smallest absolute Gasteiger partial charge is 0.354 e. The molecule has 7 nitrogen and oxygen atoms in total. The first-order chi connectivity index (χ1) is 12.8. The number of carbonyl (C=O) groups is 1. The van der Waals surface area contributed by atoms with E-state index >= 15 is 0 Å². The van der Waals surface area contributed by atoms with Crippen LogP contribution in [0.25, 0.3) is 5.69 Å². The number of nitrogens with zero attached hydrogens (tertiary/aromatic N) is 3. The van der Waals surface area contributed by atoms with Crippen molar-refractivity contribution in [1.29, 1.82) is 0 Å². The van der Waals surface area contributed by atoms with Gasteiger partial charge in [0, 0.05) is 25.0 Å². The van der Waals surface area contributed by atoms with Gasteiger partial charge in [-0.2, -0.15) is 5.10 Å². The van der Waals surface area contributed by atoms with Crippen LogP contribution in [0.3, 0.4) is 0 Å². The maximum absolute atomic E-state index is 11.6. The average Bonchev–Trinajstić information content (AvgIpc) is 3.09. The highest BCUT2D eigenvalue weighted by atomic mass is 28.3. The Morgan fingerprint density at radius 3 is 2.48 bits per heavy atom. The summed E-state index contributed by atoms with van der Waals surface area (Å²) in [7, 11) is -1.70. The van der Waals surface area contributed by atoms with Crippen LogP contribution in [0.15, 0.2) is 30.3 Å². The van der Waals surface area contributed by atoms with Crippen LogP contribution in [0.2, 0.25) is 19.6 Å². The molecule has 1 aromatic carbocycles. The van der Waals surface area contributed by atoms with E-state index in [1.165, 1.54) is 4.68 Å². The minimum atomic E-state index is -1.70. The Morgan fingerprint density at radius 1 is 1.22 bits per heavy atom. The highest BCUT2D eigenvalue weighted by molar-refractivity contribution is 6.88. The Balaban J connectivity index is 1.68. The number of aromatic carboxylic acids is 1. The van der Waals surface area contributed by atoms with E-state index in [2.05, 4.69) is 29.6 Å². The number of morpholine rings is 1. The molecular weight excluding hydrogens is 362 g/mol. The first kappa shape index (κ1) is 19.6. The van der Waals surface area contributed by atoms with E-state index < -0.39 is 14.0 Å². The summed E-state index contributed by atoms with van der Waals surface area (Å²) in [5.41, 5.74) is 0.908. The minimum absolute atomic E-state index is 0.188. The van der Waals surface area contributed by atoms with Gasteiger partial charge in [-0.3, -0.25) is 4.90 Å². The summed E-state index contributed by atoms with van der Waals surface area (Å²) in [4.78, 5) is 13.9. The molecule has 2 aromatic rings. The highest BCUT2D eigenvalue weighted by Crippen LogP contribution is 2.17. The third-order valence-corrected chi connectivity index (χ3v) is 6.34. The largest absolute Gasteiger partial charge is 0.492 e. The summed E-state index contributed by atoms with van der Waals surface area (Å²) < 4.78 is 12.7. The predicted octanol–water partition coefficient (Wildman–Crippen LogP) is 1.83.